The summed E-state index contributed by atoms with van der Waals surface area (Å²) in [5, 5.41) is 2.92. The van der Waals surface area contributed by atoms with Crippen molar-refractivity contribution in [1.29, 1.82) is 0 Å². The van der Waals surface area contributed by atoms with Gasteiger partial charge in [-0.3, -0.25) is 4.79 Å². The lowest BCUT2D eigenvalue weighted by molar-refractivity contribution is -0.142. The molecule has 1 aliphatic rings. The van der Waals surface area contributed by atoms with Crippen molar-refractivity contribution in [2.24, 2.45) is 5.92 Å². The summed E-state index contributed by atoms with van der Waals surface area (Å²) in [5.41, 5.74) is 0. The Morgan fingerprint density at radius 1 is 1.00 bits per heavy atom. The van der Waals surface area contributed by atoms with Gasteiger partial charge in [-0.25, -0.2) is 4.79 Å². The molecule has 1 fully saturated rings. The molecule has 0 aliphatic carbocycles. The molecule has 1 N–H and O–H groups in total. The zero-order valence-electron chi connectivity index (χ0n) is 15.8. The number of unbranched alkanes of at least 4 members (excludes halogenated alkanes) is 8. The molecule has 1 aliphatic heterocycles. The van der Waals surface area contributed by atoms with E-state index >= 15 is 0 Å². The summed E-state index contributed by atoms with van der Waals surface area (Å²) in [5.74, 6) is -0.155. The van der Waals surface area contributed by atoms with Gasteiger partial charge in [-0.1, -0.05) is 78.1 Å². The first-order valence-corrected chi connectivity index (χ1v) is 10.2. The third-order valence-corrected chi connectivity index (χ3v) is 4.93. The third kappa shape index (κ3) is 8.70. The highest BCUT2D eigenvalue weighted by molar-refractivity contribution is 5.86. The predicted octanol–water partition coefficient (Wildman–Crippen LogP) is 4.76. The summed E-state index contributed by atoms with van der Waals surface area (Å²) >= 11 is 0. The number of carbonyl (C=O) groups excluding carboxylic acids is 2. The molecule has 1 heterocycles. The number of rotatable bonds is 14. The molecular weight excluding hydrogens is 302 g/mol. The second kappa shape index (κ2) is 13.3. The van der Waals surface area contributed by atoms with Gasteiger partial charge in [0.1, 0.15) is 6.04 Å². The fourth-order valence-corrected chi connectivity index (χ4v) is 3.31. The maximum atomic E-state index is 12.6. The van der Waals surface area contributed by atoms with Crippen molar-refractivity contribution < 1.29 is 14.3 Å². The van der Waals surface area contributed by atoms with Crippen LogP contribution in [-0.2, 0) is 14.3 Å². The molecule has 24 heavy (non-hydrogen) atoms. The Bertz CT molecular complexity index is 357. The standard InChI is InChI=1S/C20H37NO3/c1-3-5-7-9-10-12-14-17(13-11-8-6-4-2)19(22)21-18-15-16-24-20(18)23/h17-18H,3-16H2,1-2H3,(H,21,22)/t17?,18-/m1/s1. The molecule has 1 rings (SSSR count). The van der Waals surface area contributed by atoms with Crippen molar-refractivity contribution in [3.05, 3.63) is 0 Å². The van der Waals surface area contributed by atoms with Crippen LogP contribution in [0.1, 0.15) is 97.3 Å². The molecule has 1 unspecified atom stereocenters. The van der Waals surface area contributed by atoms with Gasteiger partial charge in [0.05, 0.1) is 6.61 Å². The molecule has 4 heteroatoms. The Hall–Kier alpha value is -1.06. The van der Waals surface area contributed by atoms with Gasteiger partial charge in [-0.15, -0.1) is 0 Å². The first-order chi connectivity index (χ1) is 11.7. The Balaban J connectivity index is 2.34. The highest BCUT2D eigenvalue weighted by Crippen LogP contribution is 2.20. The summed E-state index contributed by atoms with van der Waals surface area (Å²) < 4.78 is 4.94. The topological polar surface area (TPSA) is 55.4 Å². The predicted molar refractivity (Wildman–Crippen MR) is 97.7 cm³/mol. The van der Waals surface area contributed by atoms with Crippen LogP contribution in [0.5, 0.6) is 0 Å². The largest absolute Gasteiger partial charge is 0.464 e. The molecule has 1 amide bonds. The Morgan fingerprint density at radius 2 is 1.54 bits per heavy atom. The molecule has 1 saturated heterocycles. The Labute approximate surface area is 148 Å². The van der Waals surface area contributed by atoms with Gasteiger partial charge in [-0.2, -0.15) is 0 Å². The lowest BCUT2D eigenvalue weighted by Gasteiger charge is -2.18. The van der Waals surface area contributed by atoms with Crippen LogP contribution in [-0.4, -0.2) is 24.5 Å². The molecule has 2 atom stereocenters. The van der Waals surface area contributed by atoms with Crippen LogP contribution in [0.3, 0.4) is 0 Å². The first kappa shape index (κ1) is 21.0. The van der Waals surface area contributed by atoms with Crippen LogP contribution in [0.15, 0.2) is 0 Å². The number of esters is 1. The van der Waals surface area contributed by atoms with E-state index in [4.69, 9.17) is 4.74 Å². The number of hydrogen-bond acceptors (Lipinski definition) is 3. The SMILES string of the molecule is CCCCCCCCC(CCCCCC)C(=O)N[C@@H]1CCOC1=O. The summed E-state index contributed by atoms with van der Waals surface area (Å²) in [4.78, 5) is 24.1. The third-order valence-electron chi connectivity index (χ3n) is 4.93. The number of hydrogen-bond donors (Lipinski definition) is 1. The van der Waals surface area contributed by atoms with Crippen LogP contribution in [0, 0.1) is 5.92 Å². The second-order valence-electron chi connectivity index (χ2n) is 7.12. The minimum Gasteiger partial charge on any atom is -0.464 e. The number of nitrogens with one attached hydrogen (secondary N) is 1. The monoisotopic (exact) mass is 339 g/mol. The fraction of sp³-hybridized carbons (Fsp3) is 0.900. The van der Waals surface area contributed by atoms with Crippen molar-refractivity contribution in [3.63, 3.8) is 0 Å². The fourth-order valence-electron chi connectivity index (χ4n) is 3.31. The maximum Gasteiger partial charge on any atom is 0.328 e. The van der Waals surface area contributed by atoms with E-state index in [0.29, 0.717) is 13.0 Å². The highest BCUT2D eigenvalue weighted by atomic mass is 16.5. The molecule has 0 saturated carbocycles. The highest BCUT2D eigenvalue weighted by Gasteiger charge is 2.30. The minimum atomic E-state index is -0.416. The van der Waals surface area contributed by atoms with Crippen molar-refractivity contribution >= 4 is 11.9 Å². The molecule has 0 bridgehead atoms. The molecule has 0 aromatic carbocycles. The van der Waals surface area contributed by atoms with Gasteiger partial charge in [0.15, 0.2) is 0 Å². The molecule has 140 valence electrons. The lowest BCUT2D eigenvalue weighted by Crippen LogP contribution is -2.41. The number of carbonyl (C=O) groups is 2. The van der Waals surface area contributed by atoms with E-state index < -0.39 is 6.04 Å². The van der Waals surface area contributed by atoms with E-state index in [-0.39, 0.29) is 17.8 Å². The van der Waals surface area contributed by atoms with E-state index in [2.05, 4.69) is 19.2 Å². The zero-order chi connectivity index (χ0) is 17.6. The zero-order valence-corrected chi connectivity index (χ0v) is 15.8. The molecule has 0 aromatic heterocycles. The molecule has 0 spiro atoms. The van der Waals surface area contributed by atoms with Crippen LogP contribution in [0.4, 0.5) is 0 Å². The normalized spacial score (nSPS) is 18.4. The minimum absolute atomic E-state index is 0.0569. The number of amides is 1. The Morgan fingerprint density at radius 3 is 2.08 bits per heavy atom. The second-order valence-corrected chi connectivity index (χ2v) is 7.12. The average Bonchev–Trinajstić information content (AvgIpc) is 2.97. The van der Waals surface area contributed by atoms with Crippen molar-refractivity contribution in [3.8, 4) is 0 Å². The smallest absolute Gasteiger partial charge is 0.328 e. The first-order valence-electron chi connectivity index (χ1n) is 10.2. The van der Waals surface area contributed by atoms with Crippen LogP contribution < -0.4 is 5.32 Å². The van der Waals surface area contributed by atoms with E-state index in [0.717, 1.165) is 25.7 Å². The van der Waals surface area contributed by atoms with Gasteiger partial charge in [0, 0.05) is 12.3 Å². The van der Waals surface area contributed by atoms with Crippen molar-refractivity contribution in [1.82, 2.24) is 5.32 Å². The molecule has 0 aromatic rings. The van der Waals surface area contributed by atoms with E-state index in [1.54, 1.807) is 0 Å². The van der Waals surface area contributed by atoms with Gasteiger partial charge < -0.3 is 10.1 Å². The van der Waals surface area contributed by atoms with Gasteiger partial charge >= 0.3 is 5.97 Å². The van der Waals surface area contributed by atoms with Crippen LogP contribution >= 0.6 is 0 Å². The van der Waals surface area contributed by atoms with E-state index in [1.807, 2.05) is 0 Å². The van der Waals surface area contributed by atoms with E-state index in [1.165, 1.54) is 51.4 Å². The van der Waals surface area contributed by atoms with Crippen molar-refractivity contribution in [2.75, 3.05) is 6.61 Å². The molecule has 4 nitrogen and oxygen atoms in total. The summed E-state index contributed by atoms with van der Waals surface area (Å²) in [7, 11) is 0. The lowest BCUT2D eigenvalue weighted by atomic mass is 9.93. The summed E-state index contributed by atoms with van der Waals surface area (Å²) in [6.07, 6.45) is 14.7. The van der Waals surface area contributed by atoms with Gasteiger partial charge in [0.25, 0.3) is 0 Å². The van der Waals surface area contributed by atoms with Gasteiger partial charge in [-0.05, 0) is 12.8 Å². The quantitative estimate of drug-likeness (QED) is 0.367. The van der Waals surface area contributed by atoms with Crippen LogP contribution in [0.2, 0.25) is 0 Å². The number of ether oxygens (including phenoxy) is 1. The summed E-state index contributed by atoms with van der Waals surface area (Å²) in [6, 6.07) is -0.416. The van der Waals surface area contributed by atoms with Gasteiger partial charge in [0.2, 0.25) is 5.91 Å². The maximum absolute atomic E-state index is 12.6. The Kier molecular flexibility index (Phi) is 11.6. The summed E-state index contributed by atoms with van der Waals surface area (Å²) in [6.45, 7) is 4.86. The number of cyclic esters (lactones) is 1. The average molecular weight is 340 g/mol. The molecule has 0 radical (unpaired) electrons. The van der Waals surface area contributed by atoms with Crippen molar-refractivity contribution in [2.45, 2.75) is 103 Å². The van der Waals surface area contributed by atoms with E-state index in [9.17, 15) is 9.59 Å². The molecular formula is C20H37NO3. The van der Waals surface area contributed by atoms with Crippen LogP contribution in [0.25, 0.3) is 0 Å².